The number of rotatable bonds is 5. The third-order valence-corrected chi connectivity index (χ3v) is 4.58. The second kappa shape index (κ2) is 8.94. The van der Waals surface area contributed by atoms with Gasteiger partial charge in [-0.05, 0) is 36.0 Å². The molecule has 2 rings (SSSR count). The van der Waals surface area contributed by atoms with Crippen LogP contribution < -0.4 is 0 Å². The molecule has 0 radical (unpaired) electrons. The standard InChI is InChI=1S/C20H26O6/c1-12(2)7-18(23)25-16-8-14(10-21)5-4-6-15(11-22)9-17-19(16)13(3)20(24)26-17/h5,9-10,12,16-17,19,22H,3-4,6-8,11H2,1-2H3. The van der Waals surface area contributed by atoms with Crippen molar-refractivity contribution in [3.8, 4) is 0 Å². The fraction of sp³-hybridized carbons (Fsp3) is 0.550. The van der Waals surface area contributed by atoms with Crippen LogP contribution in [0.3, 0.4) is 0 Å². The third kappa shape index (κ3) is 4.91. The average molecular weight is 362 g/mol. The monoisotopic (exact) mass is 362 g/mol. The van der Waals surface area contributed by atoms with Crippen molar-refractivity contribution in [3.05, 3.63) is 35.5 Å². The van der Waals surface area contributed by atoms with E-state index in [1.165, 1.54) is 0 Å². The van der Waals surface area contributed by atoms with Gasteiger partial charge in [0.25, 0.3) is 0 Å². The summed E-state index contributed by atoms with van der Waals surface area (Å²) in [5.41, 5.74) is 1.42. The second-order valence-electron chi connectivity index (χ2n) is 7.17. The topological polar surface area (TPSA) is 89.9 Å². The van der Waals surface area contributed by atoms with Crippen molar-refractivity contribution in [1.82, 2.24) is 0 Å². The maximum atomic E-state index is 12.2. The lowest BCUT2D eigenvalue weighted by atomic mass is 9.85. The van der Waals surface area contributed by atoms with Gasteiger partial charge in [-0.3, -0.25) is 9.59 Å². The van der Waals surface area contributed by atoms with Crippen LogP contribution in [-0.2, 0) is 23.9 Å². The molecule has 2 aliphatic rings. The minimum absolute atomic E-state index is 0.129. The molecule has 0 aromatic rings. The summed E-state index contributed by atoms with van der Waals surface area (Å²) >= 11 is 0. The molecule has 0 amide bonds. The van der Waals surface area contributed by atoms with Crippen molar-refractivity contribution in [3.63, 3.8) is 0 Å². The third-order valence-electron chi connectivity index (χ3n) is 4.58. The van der Waals surface area contributed by atoms with E-state index in [-0.39, 0.29) is 36.9 Å². The van der Waals surface area contributed by atoms with Crippen molar-refractivity contribution in [2.45, 2.75) is 51.7 Å². The number of hydrogen-bond donors (Lipinski definition) is 1. The molecular formula is C20H26O6. The van der Waals surface area contributed by atoms with Gasteiger partial charge in [-0.25, -0.2) is 4.79 Å². The molecule has 0 bridgehead atoms. The number of hydrogen-bond acceptors (Lipinski definition) is 6. The Balaban J connectivity index is 2.38. The molecule has 3 unspecified atom stereocenters. The van der Waals surface area contributed by atoms with Crippen LogP contribution in [0.15, 0.2) is 35.5 Å². The summed E-state index contributed by atoms with van der Waals surface area (Å²) in [6, 6.07) is 0. The molecule has 142 valence electrons. The fourth-order valence-corrected chi connectivity index (χ4v) is 3.28. The minimum Gasteiger partial charge on any atom is -0.461 e. The van der Waals surface area contributed by atoms with E-state index in [4.69, 9.17) is 9.47 Å². The van der Waals surface area contributed by atoms with Crippen molar-refractivity contribution in [1.29, 1.82) is 0 Å². The van der Waals surface area contributed by atoms with Crippen LogP contribution in [-0.4, -0.2) is 42.1 Å². The lowest BCUT2D eigenvalue weighted by molar-refractivity contribution is -0.153. The van der Waals surface area contributed by atoms with E-state index in [1.54, 1.807) is 12.2 Å². The molecule has 0 aromatic carbocycles. The van der Waals surface area contributed by atoms with E-state index >= 15 is 0 Å². The van der Waals surface area contributed by atoms with Gasteiger partial charge in [0, 0.05) is 18.4 Å². The first-order valence-corrected chi connectivity index (χ1v) is 8.89. The van der Waals surface area contributed by atoms with Crippen LogP contribution in [0.5, 0.6) is 0 Å². The minimum atomic E-state index is -0.726. The maximum absolute atomic E-state index is 12.2. The van der Waals surface area contributed by atoms with Crippen molar-refractivity contribution >= 4 is 18.2 Å². The van der Waals surface area contributed by atoms with Gasteiger partial charge in [0.15, 0.2) is 0 Å². The normalized spacial score (nSPS) is 26.5. The Morgan fingerprint density at radius 2 is 2.23 bits per heavy atom. The SMILES string of the molecule is C=C1C(=O)OC2C=C(CO)CCC=C(C=O)CC(OC(=O)CC(C)C)C12. The number of allylic oxidation sites excluding steroid dienone is 1. The highest BCUT2D eigenvalue weighted by molar-refractivity contribution is 5.91. The molecule has 1 aliphatic heterocycles. The van der Waals surface area contributed by atoms with Crippen molar-refractivity contribution < 1.29 is 29.0 Å². The van der Waals surface area contributed by atoms with E-state index in [9.17, 15) is 19.5 Å². The first-order chi connectivity index (χ1) is 12.3. The predicted molar refractivity (Wildman–Crippen MR) is 95.0 cm³/mol. The largest absolute Gasteiger partial charge is 0.461 e. The number of fused-ring (bicyclic) bond motifs is 1. The van der Waals surface area contributed by atoms with E-state index in [0.717, 1.165) is 6.29 Å². The number of carbonyl (C=O) groups is 3. The summed E-state index contributed by atoms with van der Waals surface area (Å²) in [5.74, 6) is -1.38. The molecule has 1 fully saturated rings. The molecule has 1 N–H and O–H groups in total. The highest BCUT2D eigenvalue weighted by Crippen LogP contribution is 2.36. The zero-order valence-electron chi connectivity index (χ0n) is 15.3. The number of aldehydes is 1. The van der Waals surface area contributed by atoms with E-state index in [2.05, 4.69) is 6.58 Å². The molecule has 3 atom stereocenters. The highest BCUT2D eigenvalue weighted by Gasteiger charge is 2.44. The van der Waals surface area contributed by atoms with Crippen LogP contribution in [0.2, 0.25) is 0 Å². The van der Waals surface area contributed by atoms with E-state index in [1.807, 2.05) is 13.8 Å². The Morgan fingerprint density at radius 1 is 1.50 bits per heavy atom. The first kappa shape index (κ1) is 20.1. The summed E-state index contributed by atoms with van der Waals surface area (Å²) in [7, 11) is 0. The van der Waals surface area contributed by atoms with Gasteiger partial charge in [-0.1, -0.05) is 26.5 Å². The Hall–Kier alpha value is -2.21. The molecule has 6 nitrogen and oxygen atoms in total. The quantitative estimate of drug-likeness (QED) is 0.349. The highest BCUT2D eigenvalue weighted by atomic mass is 16.6. The molecule has 0 saturated carbocycles. The average Bonchev–Trinajstić information content (AvgIpc) is 2.85. The zero-order valence-corrected chi connectivity index (χ0v) is 15.3. The second-order valence-corrected chi connectivity index (χ2v) is 7.17. The van der Waals surface area contributed by atoms with Gasteiger partial charge in [0.05, 0.1) is 12.5 Å². The Kier molecular flexibility index (Phi) is 6.91. The fourth-order valence-electron chi connectivity index (χ4n) is 3.28. The summed E-state index contributed by atoms with van der Waals surface area (Å²) in [6.07, 6.45) is 4.40. The predicted octanol–water partition coefficient (Wildman–Crippen LogP) is 2.27. The van der Waals surface area contributed by atoms with Crippen LogP contribution in [0, 0.1) is 11.8 Å². The summed E-state index contributed by atoms with van der Waals surface area (Å²) < 4.78 is 11.0. The van der Waals surface area contributed by atoms with E-state index in [0.29, 0.717) is 24.0 Å². The number of aliphatic hydroxyl groups is 1. The lowest BCUT2D eigenvalue weighted by Gasteiger charge is -2.27. The van der Waals surface area contributed by atoms with Crippen LogP contribution in [0.25, 0.3) is 0 Å². The van der Waals surface area contributed by atoms with Crippen molar-refractivity contribution in [2.75, 3.05) is 6.61 Å². The van der Waals surface area contributed by atoms with E-state index < -0.39 is 24.1 Å². The summed E-state index contributed by atoms with van der Waals surface area (Å²) in [6.45, 7) is 7.45. The van der Waals surface area contributed by atoms with Crippen LogP contribution in [0.1, 0.15) is 39.5 Å². The van der Waals surface area contributed by atoms with Gasteiger partial charge in [-0.15, -0.1) is 0 Å². The molecule has 26 heavy (non-hydrogen) atoms. The number of esters is 2. The molecule has 1 heterocycles. The lowest BCUT2D eigenvalue weighted by Crippen LogP contribution is -2.34. The maximum Gasteiger partial charge on any atom is 0.334 e. The number of carbonyl (C=O) groups excluding carboxylic acids is 3. The molecule has 1 saturated heterocycles. The number of aliphatic hydroxyl groups excluding tert-OH is 1. The van der Waals surface area contributed by atoms with Crippen LogP contribution >= 0.6 is 0 Å². The molecule has 0 spiro atoms. The molecule has 0 aromatic heterocycles. The Labute approximate surface area is 153 Å². The van der Waals surface area contributed by atoms with Gasteiger partial charge < -0.3 is 14.6 Å². The van der Waals surface area contributed by atoms with Gasteiger partial charge in [0.2, 0.25) is 0 Å². The van der Waals surface area contributed by atoms with Crippen molar-refractivity contribution in [2.24, 2.45) is 11.8 Å². The molecular weight excluding hydrogens is 336 g/mol. The summed E-state index contributed by atoms with van der Waals surface area (Å²) in [4.78, 5) is 35.7. The smallest absolute Gasteiger partial charge is 0.334 e. The number of ether oxygens (including phenoxy) is 2. The van der Waals surface area contributed by atoms with Gasteiger partial charge in [0.1, 0.15) is 18.5 Å². The molecule has 6 heteroatoms. The first-order valence-electron chi connectivity index (χ1n) is 8.89. The molecule has 1 aliphatic carbocycles. The Morgan fingerprint density at radius 3 is 2.85 bits per heavy atom. The summed E-state index contributed by atoms with van der Waals surface area (Å²) in [5, 5.41) is 9.55. The van der Waals surface area contributed by atoms with Gasteiger partial charge >= 0.3 is 11.9 Å². The van der Waals surface area contributed by atoms with Gasteiger partial charge in [-0.2, -0.15) is 0 Å². The van der Waals surface area contributed by atoms with Crippen LogP contribution in [0.4, 0.5) is 0 Å². The zero-order chi connectivity index (χ0) is 19.3. The Bertz CT molecular complexity index is 643.